The summed E-state index contributed by atoms with van der Waals surface area (Å²) in [6, 6.07) is 9.95. The molecule has 25 heavy (non-hydrogen) atoms. The number of aromatic nitrogens is 3. The van der Waals surface area contributed by atoms with Gasteiger partial charge in [0.25, 0.3) is 5.91 Å². The molecule has 1 aliphatic heterocycles. The van der Waals surface area contributed by atoms with Gasteiger partial charge in [-0.3, -0.25) is 4.79 Å². The van der Waals surface area contributed by atoms with E-state index in [0.29, 0.717) is 17.4 Å². The van der Waals surface area contributed by atoms with E-state index in [4.69, 9.17) is 4.52 Å². The largest absolute Gasteiger partial charge is 0.340 e. The molecule has 5 rings (SSSR count). The molecular formula is C19H20N4O2. The highest BCUT2D eigenvalue weighted by Crippen LogP contribution is 2.40. The monoisotopic (exact) mass is 336 g/mol. The van der Waals surface area contributed by atoms with Crippen LogP contribution in [-0.4, -0.2) is 32.1 Å². The first-order chi connectivity index (χ1) is 12.2. The topological polar surface area (TPSA) is 64.2 Å². The predicted octanol–water partition coefficient (Wildman–Crippen LogP) is 3.42. The number of nitrogens with zero attached hydrogens (tertiary/aromatic N) is 4. The van der Waals surface area contributed by atoms with Gasteiger partial charge in [-0.05, 0) is 37.8 Å². The maximum absolute atomic E-state index is 13.2. The fraction of sp³-hybridized carbons (Fsp3) is 0.421. The Bertz CT molecular complexity index is 953. The van der Waals surface area contributed by atoms with Gasteiger partial charge >= 0.3 is 0 Å². The molecule has 1 amide bonds. The van der Waals surface area contributed by atoms with E-state index < -0.39 is 0 Å². The predicted molar refractivity (Wildman–Crippen MR) is 92.2 cm³/mol. The lowest BCUT2D eigenvalue weighted by atomic mass is 10.2. The molecule has 3 aromatic rings. The molecule has 1 atom stereocenters. The molecule has 2 aromatic heterocycles. The van der Waals surface area contributed by atoms with Crippen molar-refractivity contribution in [2.45, 2.75) is 37.6 Å². The summed E-state index contributed by atoms with van der Waals surface area (Å²) in [7, 11) is 1.94. The maximum atomic E-state index is 13.2. The van der Waals surface area contributed by atoms with Gasteiger partial charge < -0.3 is 14.0 Å². The van der Waals surface area contributed by atoms with Crippen molar-refractivity contribution in [1.82, 2.24) is 19.6 Å². The third kappa shape index (κ3) is 2.35. The third-order valence-electron chi connectivity index (χ3n) is 5.37. The number of hydrogen-bond acceptors (Lipinski definition) is 4. The van der Waals surface area contributed by atoms with E-state index in [1.54, 1.807) is 0 Å². The Morgan fingerprint density at radius 2 is 2.08 bits per heavy atom. The molecule has 1 aromatic carbocycles. The zero-order chi connectivity index (χ0) is 17.0. The fourth-order valence-electron chi connectivity index (χ4n) is 3.80. The third-order valence-corrected chi connectivity index (χ3v) is 5.37. The molecule has 0 spiro atoms. The summed E-state index contributed by atoms with van der Waals surface area (Å²) in [4.78, 5) is 19.7. The number of rotatable bonds is 3. The molecular weight excluding hydrogens is 316 g/mol. The van der Waals surface area contributed by atoms with E-state index >= 15 is 0 Å². The van der Waals surface area contributed by atoms with Crippen LogP contribution in [0, 0.1) is 0 Å². The average Bonchev–Trinajstić information content (AvgIpc) is 3.07. The first-order valence-corrected chi connectivity index (χ1v) is 8.91. The number of likely N-dealkylation sites (tertiary alicyclic amines) is 1. The molecule has 1 saturated carbocycles. The average molecular weight is 336 g/mol. The van der Waals surface area contributed by atoms with Gasteiger partial charge in [-0.2, -0.15) is 4.98 Å². The van der Waals surface area contributed by atoms with Crippen LogP contribution in [0.3, 0.4) is 0 Å². The second kappa shape index (κ2) is 5.44. The van der Waals surface area contributed by atoms with E-state index in [9.17, 15) is 4.79 Å². The van der Waals surface area contributed by atoms with Crippen LogP contribution in [0.15, 0.2) is 34.9 Å². The Kier molecular flexibility index (Phi) is 3.20. The van der Waals surface area contributed by atoms with Crippen LogP contribution < -0.4 is 0 Å². The Balaban J connectivity index is 1.47. The van der Waals surface area contributed by atoms with E-state index in [2.05, 4.69) is 10.1 Å². The minimum Gasteiger partial charge on any atom is -0.340 e. The van der Waals surface area contributed by atoms with Crippen molar-refractivity contribution in [3.05, 3.63) is 47.7 Å². The molecule has 2 fully saturated rings. The number of aryl methyl sites for hydroxylation is 1. The molecule has 3 heterocycles. The highest BCUT2D eigenvalue weighted by atomic mass is 16.5. The molecule has 1 saturated heterocycles. The summed E-state index contributed by atoms with van der Waals surface area (Å²) < 4.78 is 7.37. The van der Waals surface area contributed by atoms with E-state index in [1.807, 2.05) is 46.8 Å². The van der Waals surface area contributed by atoms with Gasteiger partial charge in [-0.25, -0.2) is 0 Å². The summed E-state index contributed by atoms with van der Waals surface area (Å²) >= 11 is 0. The van der Waals surface area contributed by atoms with Crippen molar-refractivity contribution < 1.29 is 9.32 Å². The lowest BCUT2D eigenvalue weighted by Crippen LogP contribution is -2.32. The number of para-hydroxylation sites is 1. The lowest BCUT2D eigenvalue weighted by molar-refractivity contribution is 0.0719. The Hall–Kier alpha value is -2.63. The summed E-state index contributed by atoms with van der Waals surface area (Å²) in [5, 5.41) is 5.25. The molecule has 0 N–H and O–H groups in total. The number of carbonyl (C=O) groups is 1. The lowest BCUT2D eigenvalue weighted by Gasteiger charge is -2.22. The Labute approximate surface area is 145 Å². The van der Waals surface area contributed by atoms with Crippen LogP contribution in [0.25, 0.3) is 10.9 Å². The fourth-order valence-corrected chi connectivity index (χ4v) is 3.80. The van der Waals surface area contributed by atoms with Crippen LogP contribution >= 0.6 is 0 Å². The molecule has 0 radical (unpaired) electrons. The van der Waals surface area contributed by atoms with Crippen molar-refractivity contribution in [3.8, 4) is 0 Å². The molecule has 2 aliphatic rings. The van der Waals surface area contributed by atoms with Crippen LogP contribution in [0.1, 0.15) is 59.8 Å². The van der Waals surface area contributed by atoms with Crippen molar-refractivity contribution in [2.24, 2.45) is 7.05 Å². The Morgan fingerprint density at radius 3 is 2.88 bits per heavy atom. The van der Waals surface area contributed by atoms with Gasteiger partial charge in [0.15, 0.2) is 5.82 Å². The van der Waals surface area contributed by atoms with Crippen LogP contribution in [-0.2, 0) is 7.05 Å². The van der Waals surface area contributed by atoms with Gasteiger partial charge in [0.1, 0.15) is 5.69 Å². The number of hydrogen-bond donors (Lipinski definition) is 0. The SMILES string of the molecule is Cn1c(C(=O)N2CCC[C@@H]2c2noc(C3CC3)n2)cc2ccccc21. The van der Waals surface area contributed by atoms with Gasteiger partial charge in [-0.15, -0.1) is 0 Å². The zero-order valence-corrected chi connectivity index (χ0v) is 14.2. The second-order valence-corrected chi connectivity index (χ2v) is 7.07. The smallest absolute Gasteiger partial charge is 0.271 e. The van der Waals surface area contributed by atoms with Crippen LogP contribution in [0.4, 0.5) is 0 Å². The van der Waals surface area contributed by atoms with Crippen LogP contribution in [0.2, 0.25) is 0 Å². The maximum Gasteiger partial charge on any atom is 0.271 e. The first-order valence-electron chi connectivity index (χ1n) is 8.91. The van der Waals surface area contributed by atoms with Gasteiger partial charge in [-0.1, -0.05) is 23.4 Å². The van der Waals surface area contributed by atoms with Crippen molar-refractivity contribution in [3.63, 3.8) is 0 Å². The summed E-state index contributed by atoms with van der Waals surface area (Å²) in [5.41, 5.74) is 1.77. The molecule has 1 aliphatic carbocycles. The van der Waals surface area contributed by atoms with Crippen molar-refractivity contribution >= 4 is 16.8 Å². The van der Waals surface area contributed by atoms with E-state index in [1.165, 1.54) is 0 Å². The quantitative estimate of drug-likeness (QED) is 0.735. The number of benzene rings is 1. The zero-order valence-electron chi connectivity index (χ0n) is 14.2. The number of amides is 1. The van der Waals surface area contributed by atoms with Crippen LogP contribution in [0.5, 0.6) is 0 Å². The molecule has 0 bridgehead atoms. The molecule has 6 heteroatoms. The van der Waals surface area contributed by atoms with Gasteiger partial charge in [0.2, 0.25) is 5.89 Å². The Morgan fingerprint density at radius 1 is 1.24 bits per heavy atom. The minimum absolute atomic E-state index is 0.0407. The van der Waals surface area contributed by atoms with E-state index in [0.717, 1.165) is 49.0 Å². The molecule has 128 valence electrons. The molecule has 6 nitrogen and oxygen atoms in total. The summed E-state index contributed by atoms with van der Waals surface area (Å²) in [5.74, 6) is 1.87. The molecule has 0 unspecified atom stereocenters. The van der Waals surface area contributed by atoms with Crippen molar-refractivity contribution in [1.29, 1.82) is 0 Å². The van der Waals surface area contributed by atoms with E-state index in [-0.39, 0.29) is 11.9 Å². The number of fused-ring (bicyclic) bond motifs is 1. The minimum atomic E-state index is -0.0817. The first kappa shape index (κ1) is 14.7. The van der Waals surface area contributed by atoms with Gasteiger partial charge in [0.05, 0.1) is 6.04 Å². The standard InChI is InChI=1S/C19H20N4O2/c1-22-14-6-3-2-5-13(14)11-16(22)19(24)23-10-4-7-15(23)17-20-18(25-21-17)12-8-9-12/h2-3,5-6,11-12,15H,4,7-10H2,1H3/t15-/m1/s1. The second-order valence-electron chi connectivity index (χ2n) is 7.07. The van der Waals surface area contributed by atoms with Gasteiger partial charge in [0, 0.05) is 30.4 Å². The normalized spacial score (nSPS) is 20.5. The highest BCUT2D eigenvalue weighted by Gasteiger charge is 2.37. The highest BCUT2D eigenvalue weighted by molar-refractivity contribution is 5.99. The summed E-state index contributed by atoms with van der Waals surface area (Å²) in [6.07, 6.45) is 4.11. The summed E-state index contributed by atoms with van der Waals surface area (Å²) in [6.45, 7) is 0.734. The van der Waals surface area contributed by atoms with Crippen molar-refractivity contribution in [2.75, 3.05) is 6.54 Å². The number of carbonyl (C=O) groups excluding carboxylic acids is 1.